The average molecular weight is 305 g/mol. The first-order chi connectivity index (χ1) is 10.5. The Bertz CT molecular complexity index is 623. The van der Waals surface area contributed by atoms with Crippen molar-refractivity contribution < 1.29 is 9.90 Å². The topological polar surface area (TPSA) is 95.1 Å². The molecule has 0 aliphatic heterocycles. The van der Waals surface area contributed by atoms with E-state index in [0.29, 0.717) is 18.3 Å². The number of hydrogen-bond acceptors (Lipinski definition) is 4. The Morgan fingerprint density at radius 3 is 2.86 bits per heavy atom. The van der Waals surface area contributed by atoms with Crippen molar-refractivity contribution in [3.63, 3.8) is 0 Å². The molecular formula is C16H23N3O3. The predicted molar refractivity (Wildman–Crippen MR) is 81.7 cm³/mol. The lowest BCUT2D eigenvalue weighted by molar-refractivity contribution is 0.00189. The standard InChI is InChI=1S/C16H23N3O3/c1-16(7-3-2-4-12(16)20)9-18-14(21)11-8-17-13(10-5-6-10)19-15(11)22/h8,10,12,20H,2-7,9H2,1H3,(H,18,21)(H,17,19,22)/t12-,16+/m0/s1. The lowest BCUT2D eigenvalue weighted by Crippen LogP contribution is -2.45. The van der Waals surface area contributed by atoms with Crippen molar-refractivity contribution >= 4 is 5.91 Å². The summed E-state index contributed by atoms with van der Waals surface area (Å²) in [6.07, 6.45) is 6.78. The smallest absolute Gasteiger partial charge is 0.263 e. The molecule has 0 bridgehead atoms. The third-order valence-corrected chi connectivity index (χ3v) is 4.96. The van der Waals surface area contributed by atoms with Crippen LogP contribution in [0.1, 0.15) is 67.5 Å². The van der Waals surface area contributed by atoms with Gasteiger partial charge < -0.3 is 15.4 Å². The number of nitrogens with zero attached hydrogens (tertiary/aromatic N) is 1. The van der Waals surface area contributed by atoms with Gasteiger partial charge in [0.05, 0.1) is 6.10 Å². The van der Waals surface area contributed by atoms with Crippen LogP contribution in [-0.2, 0) is 0 Å². The number of hydrogen-bond donors (Lipinski definition) is 3. The van der Waals surface area contributed by atoms with Crippen LogP contribution in [0.5, 0.6) is 0 Å². The minimum Gasteiger partial charge on any atom is -0.392 e. The summed E-state index contributed by atoms with van der Waals surface area (Å²) in [6.45, 7) is 2.35. The SMILES string of the molecule is C[C@]1(CNC(=O)c2cnc(C3CC3)[nH]c2=O)CCCC[C@@H]1O. The Morgan fingerprint density at radius 2 is 2.23 bits per heavy atom. The summed E-state index contributed by atoms with van der Waals surface area (Å²) < 4.78 is 0. The van der Waals surface area contributed by atoms with Crippen molar-refractivity contribution in [2.45, 2.75) is 57.5 Å². The van der Waals surface area contributed by atoms with Crippen LogP contribution >= 0.6 is 0 Å². The summed E-state index contributed by atoms with van der Waals surface area (Å²) in [6, 6.07) is 0. The number of aromatic amines is 1. The molecule has 6 nitrogen and oxygen atoms in total. The first kappa shape index (κ1) is 15.2. The molecular weight excluding hydrogens is 282 g/mol. The summed E-state index contributed by atoms with van der Waals surface area (Å²) in [5.41, 5.74) is -0.663. The molecule has 3 N–H and O–H groups in total. The molecule has 0 spiro atoms. The highest BCUT2D eigenvalue weighted by Crippen LogP contribution is 2.37. The van der Waals surface area contributed by atoms with E-state index in [1.54, 1.807) is 0 Å². The van der Waals surface area contributed by atoms with Gasteiger partial charge in [-0.15, -0.1) is 0 Å². The minimum atomic E-state index is -0.421. The molecule has 2 aliphatic rings. The summed E-state index contributed by atoms with van der Waals surface area (Å²) in [5.74, 6) is 0.604. The molecule has 120 valence electrons. The second kappa shape index (κ2) is 5.83. The van der Waals surface area contributed by atoms with Crippen molar-refractivity contribution in [1.29, 1.82) is 0 Å². The maximum absolute atomic E-state index is 12.2. The monoisotopic (exact) mass is 305 g/mol. The molecule has 6 heteroatoms. The average Bonchev–Trinajstić information content (AvgIpc) is 3.33. The molecule has 1 heterocycles. The van der Waals surface area contributed by atoms with E-state index in [2.05, 4.69) is 15.3 Å². The van der Waals surface area contributed by atoms with Crippen LogP contribution < -0.4 is 10.9 Å². The van der Waals surface area contributed by atoms with Gasteiger partial charge in [-0.3, -0.25) is 9.59 Å². The maximum Gasteiger partial charge on any atom is 0.263 e. The third-order valence-electron chi connectivity index (χ3n) is 4.96. The van der Waals surface area contributed by atoms with E-state index < -0.39 is 12.0 Å². The number of aromatic nitrogens is 2. The van der Waals surface area contributed by atoms with Crippen LogP contribution in [0.15, 0.2) is 11.0 Å². The number of aliphatic hydroxyl groups excluding tert-OH is 1. The number of H-pyrrole nitrogens is 1. The van der Waals surface area contributed by atoms with Crippen molar-refractivity contribution in [2.75, 3.05) is 6.54 Å². The highest BCUT2D eigenvalue weighted by atomic mass is 16.3. The van der Waals surface area contributed by atoms with Crippen molar-refractivity contribution in [1.82, 2.24) is 15.3 Å². The van der Waals surface area contributed by atoms with Crippen molar-refractivity contribution in [3.05, 3.63) is 27.9 Å². The summed E-state index contributed by atoms with van der Waals surface area (Å²) in [4.78, 5) is 31.1. The molecule has 0 saturated heterocycles. The Hall–Kier alpha value is -1.69. The largest absolute Gasteiger partial charge is 0.392 e. The van der Waals surface area contributed by atoms with E-state index in [4.69, 9.17) is 0 Å². The number of aliphatic hydroxyl groups is 1. The van der Waals surface area contributed by atoms with Gasteiger partial charge in [0.25, 0.3) is 11.5 Å². The first-order valence-corrected chi connectivity index (χ1v) is 8.05. The molecule has 0 radical (unpaired) electrons. The van der Waals surface area contributed by atoms with E-state index >= 15 is 0 Å². The molecule has 2 fully saturated rings. The first-order valence-electron chi connectivity index (χ1n) is 8.05. The number of rotatable bonds is 4. The number of carbonyl (C=O) groups excluding carboxylic acids is 1. The van der Waals surface area contributed by atoms with Gasteiger partial charge in [0.2, 0.25) is 0 Å². The lowest BCUT2D eigenvalue weighted by Gasteiger charge is -2.38. The molecule has 2 aliphatic carbocycles. The Balaban J connectivity index is 1.65. The number of nitrogens with one attached hydrogen (secondary N) is 2. The van der Waals surface area contributed by atoms with E-state index in [9.17, 15) is 14.7 Å². The third kappa shape index (κ3) is 3.06. The van der Waals surface area contributed by atoms with Crippen LogP contribution in [0.25, 0.3) is 0 Å². The molecule has 3 rings (SSSR count). The van der Waals surface area contributed by atoms with E-state index in [-0.39, 0.29) is 16.5 Å². The summed E-state index contributed by atoms with van der Waals surface area (Å²) >= 11 is 0. The van der Waals surface area contributed by atoms with Gasteiger partial charge in [0, 0.05) is 24.1 Å². The van der Waals surface area contributed by atoms with Crippen molar-refractivity contribution in [2.24, 2.45) is 5.41 Å². The quantitative estimate of drug-likeness (QED) is 0.782. The van der Waals surface area contributed by atoms with E-state index in [0.717, 1.165) is 38.5 Å². The molecule has 2 saturated carbocycles. The molecule has 2 atom stereocenters. The molecule has 1 aromatic heterocycles. The highest BCUT2D eigenvalue weighted by molar-refractivity contribution is 5.93. The molecule has 22 heavy (non-hydrogen) atoms. The second-order valence-electron chi connectivity index (χ2n) is 6.88. The van der Waals surface area contributed by atoms with E-state index in [1.165, 1.54) is 6.20 Å². The molecule has 1 aromatic rings. The fraction of sp³-hybridized carbons (Fsp3) is 0.688. The molecule has 1 amide bonds. The normalized spacial score (nSPS) is 28.4. The zero-order valence-corrected chi connectivity index (χ0v) is 12.9. The van der Waals surface area contributed by atoms with Crippen LogP contribution in [0.2, 0.25) is 0 Å². The number of amides is 1. The second-order valence-corrected chi connectivity index (χ2v) is 6.88. The fourth-order valence-corrected chi connectivity index (χ4v) is 3.10. The van der Waals surface area contributed by atoms with Crippen molar-refractivity contribution in [3.8, 4) is 0 Å². The molecule has 0 aromatic carbocycles. The number of carbonyl (C=O) groups is 1. The van der Waals surface area contributed by atoms with Gasteiger partial charge in [-0.25, -0.2) is 4.98 Å². The van der Waals surface area contributed by atoms with Gasteiger partial charge in [0.1, 0.15) is 11.4 Å². The van der Waals surface area contributed by atoms with Crippen LogP contribution in [-0.4, -0.2) is 33.6 Å². The lowest BCUT2D eigenvalue weighted by atomic mass is 9.73. The predicted octanol–water partition coefficient (Wildman–Crippen LogP) is 1.32. The van der Waals surface area contributed by atoms with Gasteiger partial charge in [-0.2, -0.15) is 0 Å². The van der Waals surface area contributed by atoms with Gasteiger partial charge in [0.15, 0.2) is 0 Å². The Morgan fingerprint density at radius 1 is 1.45 bits per heavy atom. The van der Waals surface area contributed by atoms with Crippen LogP contribution in [0.3, 0.4) is 0 Å². The molecule has 0 unspecified atom stereocenters. The van der Waals surface area contributed by atoms with Gasteiger partial charge in [-0.05, 0) is 25.7 Å². The summed E-state index contributed by atoms with van der Waals surface area (Å²) in [5, 5.41) is 12.9. The van der Waals surface area contributed by atoms with Gasteiger partial charge in [-0.1, -0.05) is 19.8 Å². The Kier molecular flexibility index (Phi) is 4.04. The minimum absolute atomic E-state index is 0.0401. The Labute approximate surface area is 129 Å². The maximum atomic E-state index is 12.2. The zero-order chi connectivity index (χ0) is 15.7. The van der Waals surface area contributed by atoms with Gasteiger partial charge >= 0.3 is 0 Å². The fourth-order valence-electron chi connectivity index (χ4n) is 3.10. The highest BCUT2D eigenvalue weighted by Gasteiger charge is 2.35. The zero-order valence-electron chi connectivity index (χ0n) is 12.9. The van der Waals surface area contributed by atoms with Crippen LogP contribution in [0, 0.1) is 5.41 Å². The van der Waals surface area contributed by atoms with E-state index in [1.807, 2.05) is 6.92 Å². The van der Waals surface area contributed by atoms with Crippen LogP contribution in [0.4, 0.5) is 0 Å². The summed E-state index contributed by atoms with van der Waals surface area (Å²) in [7, 11) is 0.